The lowest BCUT2D eigenvalue weighted by molar-refractivity contribution is -0.127. The third-order valence-electron chi connectivity index (χ3n) is 6.15. The van der Waals surface area contributed by atoms with Gasteiger partial charge in [0.25, 0.3) is 5.91 Å². The summed E-state index contributed by atoms with van der Waals surface area (Å²) in [6, 6.07) is 6.85. The van der Waals surface area contributed by atoms with Crippen LogP contribution in [0.15, 0.2) is 30.3 Å². The fourth-order valence-corrected chi connectivity index (χ4v) is 4.47. The molecule has 0 saturated heterocycles. The molecule has 0 spiro atoms. The Morgan fingerprint density at radius 3 is 2.56 bits per heavy atom. The van der Waals surface area contributed by atoms with E-state index in [0.29, 0.717) is 5.69 Å². The largest absolute Gasteiger partial charge is 0.461 e. The normalized spacial score (nSPS) is 21.2. The number of ether oxygens (including phenoxy) is 1. The zero-order valence-corrected chi connectivity index (χ0v) is 18.3. The van der Waals surface area contributed by atoms with Crippen LogP contribution in [-0.2, 0) is 16.1 Å². The lowest BCUT2D eigenvalue weighted by Crippen LogP contribution is -2.65. The van der Waals surface area contributed by atoms with Crippen molar-refractivity contribution < 1.29 is 23.5 Å². The van der Waals surface area contributed by atoms with Crippen LogP contribution in [-0.4, -0.2) is 45.8 Å². The second kappa shape index (κ2) is 8.72. The smallest absolute Gasteiger partial charge is 0.358 e. The summed E-state index contributed by atoms with van der Waals surface area (Å²) in [7, 11) is 0. The van der Waals surface area contributed by atoms with E-state index in [1.807, 2.05) is 0 Å². The molecule has 1 saturated carbocycles. The van der Waals surface area contributed by atoms with Gasteiger partial charge < -0.3 is 10.1 Å². The fourth-order valence-electron chi connectivity index (χ4n) is 4.47. The van der Waals surface area contributed by atoms with Crippen molar-refractivity contribution in [2.24, 2.45) is 0 Å². The lowest BCUT2D eigenvalue weighted by Gasteiger charge is -2.44. The molecule has 8 nitrogen and oxygen atoms in total. The topological polar surface area (TPSA) is 93.5 Å². The van der Waals surface area contributed by atoms with Gasteiger partial charge in [-0.3, -0.25) is 19.2 Å². The Kier molecular flexibility index (Phi) is 5.99. The second-order valence-electron chi connectivity index (χ2n) is 8.49. The summed E-state index contributed by atoms with van der Waals surface area (Å²) in [5.74, 6) is -1.88. The number of anilines is 1. The highest BCUT2D eigenvalue weighted by molar-refractivity contribution is 6.12. The van der Waals surface area contributed by atoms with Crippen molar-refractivity contribution in [2.45, 2.75) is 64.1 Å². The fraction of sp³-hybridized carbons (Fsp3) is 0.478. The first-order valence-electron chi connectivity index (χ1n) is 11.0. The second-order valence-corrected chi connectivity index (χ2v) is 8.49. The maximum Gasteiger partial charge on any atom is 0.358 e. The van der Waals surface area contributed by atoms with Crippen LogP contribution in [0.5, 0.6) is 0 Å². The summed E-state index contributed by atoms with van der Waals surface area (Å²) in [4.78, 5) is 40.6. The average molecular weight is 442 g/mol. The Morgan fingerprint density at radius 1 is 1.22 bits per heavy atom. The summed E-state index contributed by atoms with van der Waals surface area (Å²) < 4.78 is 20.0. The van der Waals surface area contributed by atoms with Crippen molar-refractivity contribution in [3.63, 3.8) is 0 Å². The molecule has 0 unspecified atom stereocenters. The lowest BCUT2D eigenvalue weighted by atomic mass is 9.91. The monoisotopic (exact) mass is 442 g/mol. The van der Waals surface area contributed by atoms with Crippen LogP contribution in [0.4, 0.5) is 10.1 Å². The minimum absolute atomic E-state index is 0.00574. The molecule has 1 aliphatic heterocycles. The molecule has 2 aliphatic rings. The van der Waals surface area contributed by atoms with Gasteiger partial charge in [0, 0.05) is 17.8 Å². The van der Waals surface area contributed by atoms with E-state index in [1.54, 1.807) is 13.8 Å². The van der Waals surface area contributed by atoms with E-state index in [-0.39, 0.29) is 36.5 Å². The van der Waals surface area contributed by atoms with E-state index in [1.165, 1.54) is 39.9 Å². The highest BCUT2D eigenvalue weighted by Crippen LogP contribution is 2.33. The number of amides is 2. The average Bonchev–Trinajstić information content (AvgIpc) is 3.20. The van der Waals surface area contributed by atoms with Gasteiger partial charge in [0.05, 0.1) is 13.2 Å². The van der Waals surface area contributed by atoms with Crippen molar-refractivity contribution in [3.8, 4) is 0 Å². The molecule has 1 N–H and O–H groups in total. The summed E-state index contributed by atoms with van der Waals surface area (Å²) in [5.41, 5.74) is -0.758. The number of aromatic nitrogens is 2. The third-order valence-corrected chi connectivity index (χ3v) is 6.15. The van der Waals surface area contributed by atoms with Gasteiger partial charge in [-0.15, -0.1) is 0 Å². The van der Waals surface area contributed by atoms with Crippen molar-refractivity contribution in [1.29, 1.82) is 0 Å². The number of carbonyl (C=O) groups excluding carboxylic acids is 3. The number of nitrogens with zero attached hydrogens (tertiary/aromatic N) is 3. The van der Waals surface area contributed by atoms with E-state index in [0.717, 1.165) is 32.1 Å². The molecule has 1 aromatic heterocycles. The molecule has 1 aromatic carbocycles. The molecule has 9 heteroatoms. The molecule has 1 aliphatic carbocycles. The summed E-state index contributed by atoms with van der Waals surface area (Å²) in [5, 5.41) is 7.34. The molecule has 2 aromatic rings. The van der Waals surface area contributed by atoms with Crippen LogP contribution >= 0.6 is 0 Å². The molecule has 0 bridgehead atoms. The molecule has 1 atom stereocenters. The highest BCUT2D eigenvalue weighted by Gasteiger charge is 2.49. The highest BCUT2D eigenvalue weighted by atomic mass is 19.1. The molecule has 32 heavy (non-hydrogen) atoms. The first kappa shape index (κ1) is 22.0. The first-order valence-corrected chi connectivity index (χ1v) is 11.0. The molecule has 170 valence electrons. The van der Waals surface area contributed by atoms with Crippen LogP contribution in [0.1, 0.15) is 66.9 Å². The summed E-state index contributed by atoms with van der Waals surface area (Å²) in [6.07, 6.45) is 5.04. The summed E-state index contributed by atoms with van der Waals surface area (Å²) >= 11 is 0. The quantitative estimate of drug-likeness (QED) is 0.719. The van der Waals surface area contributed by atoms with Crippen LogP contribution in [0.2, 0.25) is 0 Å². The van der Waals surface area contributed by atoms with E-state index in [9.17, 15) is 18.8 Å². The SMILES string of the molecule is CCOC(=O)c1cc2n(n1)C[C@@](C)(C(=O)NC1CCCCC1)N(c1ccc(F)cc1)C2=O. The number of hydrogen-bond donors (Lipinski definition) is 1. The Balaban J connectivity index is 1.73. The van der Waals surface area contributed by atoms with Gasteiger partial charge in [-0.05, 0) is 51.0 Å². The summed E-state index contributed by atoms with van der Waals surface area (Å²) in [6.45, 7) is 3.57. The maximum atomic E-state index is 13.6. The number of carbonyl (C=O) groups is 3. The van der Waals surface area contributed by atoms with Gasteiger partial charge >= 0.3 is 5.97 Å². The Hall–Kier alpha value is -3.23. The Bertz CT molecular complexity index is 1030. The standard InChI is InChI=1S/C23H27FN4O4/c1-3-32-21(30)18-13-19-20(29)28(17-11-9-15(24)10-12-17)23(2,14-27(19)26-18)22(31)25-16-7-5-4-6-8-16/h9-13,16H,3-8,14H2,1-2H3,(H,25,31)/t23-/m0/s1. The van der Waals surface area contributed by atoms with Gasteiger partial charge in [-0.2, -0.15) is 5.10 Å². The molecule has 2 heterocycles. The van der Waals surface area contributed by atoms with E-state index >= 15 is 0 Å². The number of nitrogens with one attached hydrogen (secondary N) is 1. The predicted molar refractivity (Wildman–Crippen MR) is 115 cm³/mol. The zero-order chi connectivity index (χ0) is 22.9. The van der Waals surface area contributed by atoms with Crippen LogP contribution in [0, 0.1) is 5.82 Å². The third kappa shape index (κ3) is 3.99. The molecule has 4 rings (SSSR count). The van der Waals surface area contributed by atoms with Crippen LogP contribution in [0.25, 0.3) is 0 Å². The number of halogens is 1. The molecular formula is C23H27FN4O4. The van der Waals surface area contributed by atoms with Crippen molar-refractivity contribution in [1.82, 2.24) is 15.1 Å². The molecule has 0 radical (unpaired) electrons. The van der Waals surface area contributed by atoms with Crippen LogP contribution < -0.4 is 10.2 Å². The number of rotatable bonds is 5. The number of fused-ring (bicyclic) bond motifs is 1. The molecule has 1 fully saturated rings. The molecular weight excluding hydrogens is 415 g/mol. The van der Waals surface area contributed by atoms with E-state index in [4.69, 9.17) is 4.74 Å². The Labute approximate surface area is 185 Å². The number of benzene rings is 1. The van der Waals surface area contributed by atoms with Gasteiger partial charge in [0.15, 0.2) is 5.69 Å². The first-order chi connectivity index (χ1) is 15.3. The van der Waals surface area contributed by atoms with Crippen LogP contribution in [0.3, 0.4) is 0 Å². The van der Waals surface area contributed by atoms with E-state index < -0.39 is 23.2 Å². The Morgan fingerprint density at radius 2 is 1.91 bits per heavy atom. The molecule has 2 amide bonds. The van der Waals surface area contributed by atoms with Gasteiger partial charge in [-0.1, -0.05) is 19.3 Å². The van der Waals surface area contributed by atoms with Gasteiger partial charge in [0.1, 0.15) is 17.1 Å². The zero-order valence-electron chi connectivity index (χ0n) is 18.3. The number of esters is 1. The predicted octanol–water partition coefficient (Wildman–Crippen LogP) is 3.07. The minimum Gasteiger partial charge on any atom is -0.461 e. The van der Waals surface area contributed by atoms with Gasteiger partial charge in [0.2, 0.25) is 5.91 Å². The number of hydrogen-bond acceptors (Lipinski definition) is 5. The minimum atomic E-state index is -1.32. The van der Waals surface area contributed by atoms with Crippen molar-refractivity contribution >= 4 is 23.5 Å². The van der Waals surface area contributed by atoms with Gasteiger partial charge in [-0.25, -0.2) is 9.18 Å². The van der Waals surface area contributed by atoms with E-state index in [2.05, 4.69) is 10.4 Å². The van der Waals surface area contributed by atoms with Crippen molar-refractivity contribution in [2.75, 3.05) is 11.5 Å². The van der Waals surface area contributed by atoms with Crippen molar-refractivity contribution in [3.05, 3.63) is 47.5 Å². The maximum absolute atomic E-state index is 13.6.